The van der Waals surface area contributed by atoms with Gasteiger partial charge in [0.2, 0.25) is 0 Å². The largest absolute Gasteiger partial charge is 0.384 e. The first-order valence-corrected chi connectivity index (χ1v) is 6.90. The first-order valence-electron chi connectivity index (χ1n) is 5.85. The van der Waals surface area contributed by atoms with Gasteiger partial charge in [-0.1, -0.05) is 6.42 Å². The number of non-ortho nitro benzene ring substituents is 1. The number of rotatable bonds is 4. The molecule has 0 spiro atoms. The van der Waals surface area contributed by atoms with Gasteiger partial charge in [-0.3, -0.25) is 10.1 Å². The maximum Gasteiger partial charge on any atom is 0.269 e. The Morgan fingerprint density at radius 1 is 1.35 bits per heavy atom. The van der Waals surface area contributed by atoms with Gasteiger partial charge in [0.15, 0.2) is 0 Å². The fraction of sp³-hybridized carbons (Fsp3) is 0.500. The van der Waals surface area contributed by atoms with Crippen LogP contribution >= 0.6 is 11.8 Å². The van der Waals surface area contributed by atoms with E-state index in [1.807, 2.05) is 11.8 Å². The van der Waals surface area contributed by atoms with Crippen molar-refractivity contribution in [1.82, 2.24) is 0 Å². The first kappa shape index (κ1) is 12.2. The molecule has 2 rings (SSSR count). The number of benzene rings is 1. The fourth-order valence-electron chi connectivity index (χ4n) is 1.90. The van der Waals surface area contributed by atoms with Crippen LogP contribution in [0.25, 0.3) is 0 Å². The van der Waals surface area contributed by atoms with Crippen LogP contribution in [0.4, 0.5) is 11.4 Å². The van der Waals surface area contributed by atoms with Gasteiger partial charge < -0.3 is 5.32 Å². The summed E-state index contributed by atoms with van der Waals surface area (Å²) in [6.45, 7) is 0.947. The minimum atomic E-state index is -0.374. The van der Waals surface area contributed by atoms with Crippen molar-refractivity contribution in [3.63, 3.8) is 0 Å². The summed E-state index contributed by atoms with van der Waals surface area (Å²) in [6, 6.07) is 6.62. The number of anilines is 1. The number of nitro groups is 1. The molecule has 0 saturated carbocycles. The molecule has 92 valence electrons. The molecule has 4 nitrogen and oxygen atoms in total. The summed E-state index contributed by atoms with van der Waals surface area (Å²) in [5, 5.41) is 14.5. The van der Waals surface area contributed by atoms with Crippen LogP contribution in [0.5, 0.6) is 0 Å². The zero-order valence-electron chi connectivity index (χ0n) is 9.59. The summed E-state index contributed by atoms with van der Waals surface area (Å²) in [7, 11) is 0. The predicted molar refractivity (Wildman–Crippen MR) is 71.7 cm³/mol. The van der Waals surface area contributed by atoms with E-state index in [0.717, 1.165) is 12.2 Å². The van der Waals surface area contributed by atoms with Crippen LogP contribution < -0.4 is 5.32 Å². The molecular formula is C12H16N2O2S. The smallest absolute Gasteiger partial charge is 0.269 e. The van der Waals surface area contributed by atoms with Gasteiger partial charge in [0.25, 0.3) is 5.69 Å². The quantitative estimate of drug-likeness (QED) is 0.660. The minimum Gasteiger partial charge on any atom is -0.384 e. The number of hydrogen-bond donors (Lipinski definition) is 1. The molecule has 1 atom stereocenters. The van der Waals surface area contributed by atoms with Crippen molar-refractivity contribution in [2.75, 3.05) is 17.6 Å². The van der Waals surface area contributed by atoms with E-state index in [1.165, 1.54) is 37.1 Å². The standard InChI is InChI=1S/C12H16N2O2S/c15-14(16)11-6-4-10(5-7-11)13-9-12-3-1-2-8-17-12/h4-7,12-13H,1-3,8-9H2. The van der Waals surface area contributed by atoms with E-state index in [1.54, 1.807) is 12.1 Å². The molecule has 1 aromatic rings. The molecule has 0 aromatic heterocycles. The summed E-state index contributed by atoms with van der Waals surface area (Å²) in [4.78, 5) is 10.1. The number of nitro benzene ring substituents is 1. The van der Waals surface area contributed by atoms with E-state index in [2.05, 4.69) is 5.32 Å². The zero-order valence-corrected chi connectivity index (χ0v) is 10.4. The van der Waals surface area contributed by atoms with Gasteiger partial charge in [0, 0.05) is 29.6 Å². The van der Waals surface area contributed by atoms with Crippen LogP contribution in [-0.2, 0) is 0 Å². The Labute approximate surface area is 105 Å². The van der Waals surface area contributed by atoms with Crippen LogP contribution in [0.15, 0.2) is 24.3 Å². The third-order valence-electron chi connectivity index (χ3n) is 2.89. The van der Waals surface area contributed by atoms with Crippen molar-refractivity contribution in [1.29, 1.82) is 0 Å². The molecule has 1 aliphatic rings. The molecule has 1 N–H and O–H groups in total. The van der Waals surface area contributed by atoms with E-state index in [9.17, 15) is 10.1 Å². The van der Waals surface area contributed by atoms with E-state index in [4.69, 9.17) is 0 Å². The Morgan fingerprint density at radius 3 is 2.71 bits per heavy atom. The molecule has 0 bridgehead atoms. The molecule has 1 heterocycles. The molecular weight excluding hydrogens is 236 g/mol. The maximum atomic E-state index is 10.5. The average Bonchev–Trinajstić information content (AvgIpc) is 2.38. The van der Waals surface area contributed by atoms with Crippen LogP contribution in [0.2, 0.25) is 0 Å². The van der Waals surface area contributed by atoms with Crippen molar-refractivity contribution in [3.05, 3.63) is 34.4 Å². The second kappa shape index (κ2) is 5.91. The second-order valence-corrected chi connectivity index (χ2v) is 5.58. The van der Waals surface area contributed by atoms with E-state index >= 15 is 0 Å². The summed E-state index contributed by atoms with van der Waals surface area (Å²) in [5.41, 5.74) is 1.10. The molecule has 5 heteroatoms. The Balaban J connectivity index is 1.84. The summed E-state index contributed by atoms with van der Waals surface area (Å²) in [5.74, 6) is 1.26. The van der Waals surface area contributed by atoms with Gasteiger partial charge in [-0.25, -0.2) is 0 Å². The lowest BCUT2D eigenvalue weighted by Gasteiger charge is -2.21. The monoisotopic (exact) mass is 252 g/mol. The van der Waals surface area contributed by atoms with E-state index < -0.39 is 0 Å². The minimum absolute atomic E-state index is 0.141. The van der Waals surface area contributed by atoms with Gasteiger partial charge in [-0.05, 0) is 30.7 Å². The van der Waals surface area contributed by atoms with Gasteiger partial charge in [-0.15, -0.1) is 0 Å². The SMILES string of the molecule is O=[N+]([O-])c1ccc(NCC2CCCCS2)cc1. The highest BCUT2D eigenvalue weighted by atomic mass is 32.2. The van der Waals surface area contributed by atoms with Crippen LogP contribution in [0, 0.1) is 10.1 Å². The van der Waals surface area contributed by atoms with Gasteiger partial charge in [0.1, 0.15) is 0 Å². The maximum absolute atomic E-state index is 10.5. The Bertz CT molecular complexity index is 375. The predicted octanol–water partition coefficient (Wildman–Crippen LogP) is 3.29. The van der Waals surface area contributed by atoms with Crippen molar-refractivity contribution in [2.24, 2.45) is 0 Å². The number of nitrogens with one attached hydrogen (secondary N) is 1. The van der Waals surface area contributed by atoms with E-state index in [-0.39, 0.29) is 10.6 Å². The molecule has 17 heavy (non-hydrogen) atoms. The van der Waals surface area contributed by atoms with Crippen LogP contribution in [0.1, 0.15) is 19.3 Å². The third-order valence-corrected chi connectivity index (χ3v) is 4.28. The highest BCUT2D eigenvalue weighted by Gasteiger charge is 2.13. The fourth-order valence-corrected chi connectivity index (χ4v) is 3.14. The molecule has 1 aromatic carbocycles. The molecule has 0 radical (unpaired) electrons. The Kier molecular flexibility index (Phi) is 4.25. The zero-order chi connectivity index (χ0) is 12.1. The van der Waals surface area contributed by atoms with Crippen molar-refractivity contribution < 1.29 is 4.92 Å². The van der Waals surface area contributed by atoms with Gasteiger partial charge >= 0.3 is 0 Å². The lowest BCUT2D eigenvalue weighted by molar-refractivity contribution is -0.384. The third kappa shape index (κ3) is 3.63. The average molecular weight is 252 g/mol. The van der Waals surface area contributed by atoms with Gasteiger partial charge in [0.05, 0.1) is 4.92 Å². The number of thioether (sulfide) groups is 1. The van der Waals surface area contributed by atoms with Crippen LogP contribution in [0.3, 0.4) is 0 Å². The molecule has 0 amide bonds. The van der Waals surface area contributed by atoms with E-state index in [0.29, 0.717) is 5.25 Å². The molecule has 1 aliphatic heterocycles. The van der Waals surface area contributed by atoms with Crippen molar-refractivity contribution in [2.45, 2.75) is 24.5 Å². The lowest BCUT2D eigenvalue weighted by atomic mass is 10.2. The Hall–Kier alpha value is -1.23. The Morgan fingerprint density at radius 2 is 2.12 bits per heavy atom. The van der Waals surface area contributed by atoms with Crippen molar-refractivity contribution >= 4 is 23.1 Å². The molecule has 1 saturated heterocycles. The summed E-state index contributed by atoms with van der Waals surface area (Å²) >= 11 is 2.02. The number of hydrogen-bond acceptors (Lipinski definition) is 4. The van der Waals surface area contributed by atoms with Gasteiger partial charge in [-0.2, -0.15) is 11.8 Å². The molecule has 1 fully saturated rings. The summed E-state index contributed by atoms with van der Waals surface area (Å²) in [6.07, 6.45) is 3.92. The lowest BCUT2D eigenvalue weighted by Crippen LogP contribution is -2.19. The topological polar surface area (TPSA) is 55.2 Å². The molecule has 0 aliphatic carbocycles. The second-order valence-electron chi connectivity index (χ2n) is 4.17. The normalized spacial score (nSPS) is 19.9. The highest BCUT2D eigenvalue weighted by Crippen LogP contribution is 2.25. The molecule has 1 unspecified atom stereocenters. The number of nitrogens with zero attached hydrogens (tertiary/aromatic N) is 1. The summed E-state index contributed by atoms with van der Waals surface area (Å²) < 4.78 is 0. The first-order chi connectivity index (χ1) is 8.25. The van der Waals surface area contributed by atoms with Crippen LogP contribution in [-0.4, -0.2) is 22.5 Å². The highest BCUT2D eigenvalue weighted by molar-refractivity contribution is 7.99. The van der Waals surface area contributed by atoms with Crippen molar-refractivity contribution in [3.8, 4) is 0 Å².